The van der Waals surface area contributed by atoms with E-state index in [1.54, 1.807) is 0 Å². The summed E-state index contributed by atoms with van der Waals surface area (Å²) in [7, 11) is 2.20. The standard InChI is InChI=1S/C27H28N3.ClH/c1-3-16-30-25-10-6-4-8-23(25)27(24-9-5-7-11-26(24)30)21-12-14-22(15-13-21)29-19-17-28(2)18-20-29;/h3-15H,1,16-20H2,2H3;1H/q+1;/p-1. The zero-order chi connectivity index (χ0) is 20.5. The highest BCUT2D eigenvalue weighted by Crippen LogP contribution is 2.35. The maximum Gasteiger partial charge on any atom is 0.213 e. The van der Waals surface area contributed by atoms with Crippen molar-refractivity contribution < 1.29 is 17.0 Å². The molecule has 0 bridgehead atoms. The Morgan fingerprint density at radius 3 is 1.90 bits per heavy atom. The Labute approximate surface area is 190 Å². The van der Waals surface area contributed by atoms with Crippen LogP contribution in [-0.4, -0.2) is 38.1 Å². The largest absolute Gasteiger partial charge is 1.00 e. The molecule has 0 aliphatic carbocycles. The molecule has 1 aliphatic heterocycles. The monoisotopic (exact) mass is 429 g/mol. The van der Waals surface area contributed by atoms with Gasteiger partial charge in [0.25, 0.3) is 0 Å². The number of para-hydroxylation sites is 2. The number of anilines is 1. The van der Waals surface area contributed by atoms with E-state index in [1.807, 2.05) is 6.08 Å². The van der Waals surface area contributed by atoms with E-state index in [4.69, 9.17) is 0 Å². The number of aromatic nitrogens is 1. The maximum absolute atomic E-state index is 3.98. The number of halogens is 1. The molecular formula is C27H28ClN3. The van der Waals surface area contributed by atoms with Gasteiger partial charge in [0.15, 0.2) is 6.54 Å². The average molecular weight is 430 g/mol. The van der Waals surface area contributed by atoms with Crippen molar-refractivity contribution in [1.82, 2.24) is 4.90 Å². The van der Waals surface area contributed by atoms with Crippen LogP contribution in [0.25, 0.3) is 32.9 Å². The van der Waals surface area contributed by atoms with E-state index in [9.17, 15) is 0 Å². The summed E-state index contributed by atoms with van der Waals surface area (Å²) in [5.74, 6) is 0. The molecule has 1 fully saturated rings. The highest BCUT2D eigenvalue weighted by atomic mass is 35.5. The lowest BCUT2D eigenvalue weighted by Gasteiger charge is -2.34. The van der Waals surface area contributed by atoms with Crippen LogP contribution in [-0.2, 0) is 6.54 Å². The van der Waals surface area contributed by atoms with Crippen molar-refractivity contribution in [3.63, 3.8) is 0 Å². The Morgan fingerprint density at radius 1 is 0.806 bits per heavy atom. The fraction of sp³-hybridized carbons (Fsp3) is 0.222. The molecule has 0 atom stereocenters. The molecular weight excluding hydrogens is 402 g/mol. The van der Waals surface area contributed by atoms with Gasteiger partial charge in [0, 0.05) is 49.6 Å². The maximum atomic E-state index is 3.98. The van der Waals surface area contributed by atoms with Crippen molar-refractivity contribution in [1.29, 1.82) is 0 Å². The Hall–Kier alpha value is -2.88. The molecule has 2 heterocycles. The van der Waals surface area contributed by atoms with Crippen LogP contribution in [0.3, 0.4) is 0 Å². The van der Waals surface area contributed by atoms with E-state index in [0.717, 1.165) is 32.7 Å². The second kappa shape index (κ2) is 9.09. The molecule has 1 aliphatic rings. The van der Waals surface area contributed by atoms with Gasteiger partial charge in [-0.3, -0.25) is 0 Å². The second-order valence-corrected chi connectivity index (χ2v) is 8.15. The molecule has 4 aromatic rings. The van der Waals surface area contributed by atoms with Crippen LogP contribution in [0.5, 0.6) is 0 Å². The van der Waals surface area contributed by atoms with Gasteiger partial charge in [0.1, 0.15) is 0 Å². The molecule has 31 heavy (non-hydrogen) atoms. The summed E-state index contributed by atoms with van der Waals surface area (Å²) in [5.41, 5.74) is 6.39. The Balaban J connectivity index is 0.00000231. The Morgan fingerprint density at radius 2 is 1.35 bits per heavy atom. The number of nitrogens with zero attached hydrogens (tertiary/aromatic N) is 3. The third-order valence-corrected chi connectivity index (χ3v) is 6.26. The van der Waals surface area contributed by atoms with Gasteiger partial charge in [0.2, 0.25) is 11.0 Å². The van der Waals surface area contributed by atoms with Crippen LogP contribution in [0.1, 0.15) is 0 Å². The predicted octanol–water partition coefficient (Wildman–Crippen LogP) is 1.89. The first kappa shape index (κ1) is 21.4. The number of benzene rings is 3. The predicted molar refractivity (Wildman–Crippen MR) is 127 cm³/mol. The Bertz CT molecular complexity index is 1150. The van der Waals surface area contributed by atoms with E-state index in [-0.39, 0.29) is 12.4 Å². The molecule has 0 radical (unpaired) electrons. The molecule has 0 N–H and O–H groups in total. The second-order valence-electron chi connectivity index (χ2n) is 8.15. The van der Waals surface area contributed by atoms with Crippen molar-refractivity contribution in [2.24, 2.45) is 0 Å². The van der Waals surface area contributed by atoms with Crippen molar-refractivity contribution in [2.75, 3.05) is 38.1 Å². The number of pyridine rings is 1. The molecule has 0 saturated carbocycles. The first-order chi connectivity index (χ1) is 14.8. The molecule has 0 unspecified atom stereocenters. The van der Waals surface area contributed by atoms with Crippen molar-refractivity contribution >= 4 is 27.5 Å². The van der Waals surface area contributed by atoms with E-state index in [0.29, 0.717) is 0 Å². The van der Waals surface area contributed by atoms with E-state index in [2.05, 4.69) is 101 Å². The van der Waals surface area contributed by atoms with E-state index in [1.165, 1.54) is 38.6 Å². The molecule has 3 nitrogen and oxygen atoms in total. The molecule has 5 rings (SSSR count). The van der Waals surface area contributed by atoms with Gasteiger partial charge in [-0.05, 0) is 43.0 Å². The van der Waals surface area contributed by atoms with Gasteiger partial charge in [0.05, 0.1) is 10.8 Å². The highest BCUT2D eigenvalue weighted by molar-refractivity contribution is 6.07. The minimum Gasteiger partial charge on any atom is -1.00 e. The average Bonchev–Trinajstić information content (AvgIpc) is 2.80. The minimum absolute atomic E-state index is 0. The third-order valence-electron chi connectivity index (χ3n) is 6.26. The van der Waals surface area contributed by atoms with Crippen LogP contribution >= 0.6 is 0 Å². The number of hydrogen-bond acceptors (Lipinski definition) is 2. The lowest BCUT2D eigenvalue weighted by atomic mass is 9.95. The van der Waals surface area contributed by atoms with Gasteiger partial charge >= 0.3 is 0 Å². The van der Waals surface area contributed by atoms with E-state index >= 15 is 0 Å². The normalized spacial score (nSPS) is 14.5. The molecule has 1 saturated heterocycles. The van der Waals surface area contributed by atoms with Crippen molar-refractivity contribution in [3.8, 4) is 11.1 Å². The first-order valence-electron chi connectivity index (χ1n) is 10.7. The van der Waals surface area contributed by atoms with Crippen molar-refractivity contribution in [3.05, 3.63) is 85.5 Å². The number of rotatable bonds is 4. The number of hydrogen-bond donors (Lipinski definition) is 0. The third kappa shape index (κ3) is 3.91. The zero-order valence-electron chi connectivity index (χ0n) is 18.0. The van der Waals surface area contributed by atoms with Gasteiger partial charge < -0.3 is 22.2 Å². The van der Waals surface area contributed by atoms with Crippen LogP contribution in [0.15, 0.2) is 85.5 Å². The van der Waals surface area contributed by atoms with Gasteiger partial charge in [-0.15, -0.1) is 0 Å². The molecule has 0 amide bonds. The SMILES string of the molecule is C=CC[n+]1c2ccccc2c(-c2ccc(N3CCN(C)CC3)cc2)c2ccccc21.[Cl-]. The van der Waals surface area contributed by atoms with Gasteiger partial charge in [-0.2, -0.15) is 4.57 Å². The van der Waals surface area contributed by atoms with E-state index < -0.39 is 0 Å². The van der Waals surface area contributed by atoms with Crippen LogP contribution < -0.4 is 21.9 Å². The first-order valence-corrected chi connectivity index (χ1v) is 10.7. The number of fused-ring (bicyclic) bond motifs is 2. The molecule has 4 heteroatoms. The summed E-state index contributed by atoms with van der Waals surface area (Å²) < 4.78 is 2.36. The summed E-state index contributed by atoms with van der Waals surface area (Å²) in [6, 6.07) is 26.6. The summed E-state index contributed by atoms with van der Waals surface area (Å²) >= 11 is 0. The molecule has 3 aromatic carbocycles. The van der Waals surface area contributed by atoms with Gasteiger partial charge in [-0.25, -0.2) is 0 Å². The summed E-state index contributed by atoms with van der Waals surface area (Å²) in [4.78, 5) is 4.88. The minimum atomic E-state index is 0. The smallest absolute Gasteiger partial charge is 0.213 e. The fourth-order valence-corrected chi connectivity index (χ4v) is 4.66. The molecule has 0 spiro atoms. The van der Waals surface area contributed by atoms with Crippen LogP contribution in [0, 0.1) is 0 Å². The summed E-state index contributed by atoms with van der Waals surface area (Å²) in [6.45, 7) is 9.21. The summed E-state index contributed by atoms with van der Waals surface area (Å²) in [5, 5.41) is 2.57. The Kier molecular flexibility index (Phi) is 6.26. The topological polar surface area (TPSA) is 10.4 Å². The van der Waals surface area contributed by atoms with Gasteiger partial charge in [-0.1, -0.05) is 43.0 Å². The number of likely N-dealkylation sites (N-methyl/N-ethyl adjacent to an activating group) is 1. The fourth-order valence-electron chi connectivity index (χ4n) is 4.66. The molecule has 158 valence electrons. The lowest BCUT2D eigenvalue weighted by Crippen LogP contribution is -3.00. The quantitative estimate of drug-likeness (QED) is 0.278. The highest BCUT2D eigenvalue weighted by Gasteiger charge is 2.20. The number of piperazine rings is 1. The van der Waals surface area contributed by atoms with Crippen LogP contribution in [0.4, 0.5) is 5.69 Å². The molecule has 1 aromatic heterocycles. The van der Waals surface area contributed by atoms with Crippen LogP contribution in [0.2, 0.25) is 0 Å². The zero-order valence-corrected chi connectivity index (χ0v) is 18.7. The van der Waals surface area contributed by atoms with Crippen molar-refractivity contribution in [2.45, 2.75) is 6.54 Å². The number of allylic oxidation sites excluding steroid dienone is 1. The lowest BCUT2D eigenvalue weighted by molar-refractivity contribution is -0.634. The summed E-state index contributed by atoms with van der Waals surface area (Å²) in [6.07, 6.45) is 1.98.